The molecule has 13 heavy (non-hydrogen) atoms. The van der Waals surface area contributed by atoms with Gasteiger partial charge in [0.1, 0.15) is 5.65 Å². The Labute approximate surface area is 76.0 Å². The van der Waals surface area contributed by atoms with Crippen LogP contribution in [-0.4, -0.2) is 9.38 Å². The lowest BCUT2D eigenvalue weighted by Crippen LogP contribution is -2.08. The molecule has 0 saturated heterocycles. The lowest BCUT2D eigenvalue weighted by atomic mass is 10.2. The van der Waals surface area contributed by atoms with Crippen molar-refractivity contribution in [3.05, 3.63) is 40.4 Å². The Bertz CT molecular complexity index is 479. The van der Waals surface area contributed by atoms with Crippen LogP contribution >= 0.6 is 0 Å². The van der Waals surface area contributed by atoms with E-state index in [1.54, 1.807) is 16.5 Å². The summed E-state index contributed by atoms with van der Waals surface area (Å²) < 4.78 is 1.63. The molecule has 3 heteroatoms. The van der Waals surface area contributed by atoms with Crippen molar-refractivity contribution in [3.8, 4) is 0 Å². The van der Waals surface area contributed by atoms with E-state index >= 15 is 0 Å². The second-order valence-corrected chi connectivity index (χ2v) is 3.48. The van der Waals surface area contributed by atoms with Crippen molar-refractivity contribution in [2.24, 2.45) is 0 Å². The smallest absolute Gasteiger partial charge is 0.256 e. The van der Waals surface area contributed by atoms with Crippen LogP contribution < -0.4 is 5.56 Å². The van der Waals surface area contributed by atoms with Crippen LogP contribution in [0.5, 0.6) is 0 Å². The molecule has 0 aliphatic heterocycles. The highest BCUT2D eigenvalue weighted by atomic mass is 16.1. The van der Waals surface area contributed by atoms with Gasteiger partial charge >= 0.3 is 0 Å². The summed E-state index contributed by atoms with van der Waals surface area (Å²) in [6.07, 6.45) is 1.86. The molecule has 0 aromatic carbocycles. The average molecular weight is 176 g/mol. The van der Waals surface area contributed by atoms with E-state index < -0.39 is 0 Å². The number of aromatic amines is 1. The second-order valence-electron chi connectivity index (χ2n) is 3.48. The standard InChI is InChI=1S/C10H12N2O/c1-7(2)8-6-12-9(11-8)4-3-5-10(12)13/h3-7,11H,1-2H3. The quantitative estimate of drug-likeness (QED) is 0.706. The summed E-state index contributed by atoms with van der Waals surface area (Å²) in [7, 11) is 0. The maximum Gasteiger partial charge on any atom is 0.256 e. The summed E-state index contributed by atoms with van der Waals surface area (Å²) in [5, 5.41) is 0. The van der Waals surface area contributed by atoms with Gasteiger partial charge in [-0.2, -0.15) is 0 Å². The first kappa shape index (κ1) is 8.10. The van der Waals surface area contributed by atoms with Gasteiger partial charge in [-0.05, 0) is 12.0 Å². The monoisotopic (exact) mass is 176 g/mol. The van der Waals surface area contributed by atoms with Crippen LogP contribution in [0.2, 0.25) is 0 Å². The van der Waals surface area contributed by atoms with E-state index in [-0.39, 0.29) is 5.56 Å². The van der Waals surface area contributed by atoms with Crippen LogP contribution in [-0.2, 0) is 0 Å². The van der Waals surface area contributed by atoms with Crippen molar-refractivity contribution < 1.29 is 0 Å². The molecule has 0 unspecified atom stereocenters. The summed E-state index contributed by atoms with van der Waals surface area (Å²) in [5.41, 5.74) is 1.96. The first-order valence-electron chi connectivity index (χ1n) is 4.39. The average Bonchev–Trinajstić information content (AvgIpc) is 2.49. The van der Waals surface area contributed by atoms with Gasteiger partial charge in [0.25, 0.3) is 5.56 Å². The summed E-state index contributed by atoms with van der Waals surface area (Å²) in [6, 6.07) is 5.22. The second kappa shape index (κ2) is 2.76. The van der Waals surface area contributed by atoms with Crippen LogP contribution in [0.25, 0.3) is 5.65 Å². The highest BCUT2D eigenvalue weighted by molar-refractivity contribution is 5.39. The Morgan fingerprint density at radius 3 is 2.77 bits per heavy atom. The molecule has 0 radical (unpaired) electrons. The first-order valence-corrected chi connectivity index (χ1v) is 4.39. The number of H-pyrrole nitrogens is 1. The largest absolute Gasteiger partial charge is 0.343 e. The fourth-order valence-electron chi connectivity index (χ4n) is 1.35. The number of fused-ring (bicyclic) bond motifs is 1. The number of nitrogens with one attached hydrogen (secondary N) is 1. The van der Waals surface area contributed by atoms with E-state index in [2.05, 4.69) is 18.8 Å². The Morgan fingerprint density at radius 1 is 1.38 bits per heavy atom. The van der Waals surface area contributed by atoms with Crippen molar-refractivity contribution in [3.63, 3.8) is 0 Å². The minimum absolute atomic E-state index is 0.0145. The van der Waals surface area contributed by atoms with Gasteiger partial charge in [0.15, 0.2) is 0 Å². The zero-order valence-electron chi connectivity index (χ0n) is 7.74. The van der Waals surface area contributed by atoms with Crippen LogP contribution in [0, 0.1) is 0 Å². The zero-order valence-corrected chi connectivity index (χ0v) is 7.74. The molecule has 0 aliphatic rings. The summed E-state index contributed by atoms with van der Waals surface area (Å²) in [6.45, 7) is 4.19. The number of hydrogen-bond acceptors (Lipinski definition) is 1. The molecule has 2 heterocycles. The maximum absolute atomic E-state index is 11.4. The summed E-state index contributed by atoms with van der Waals surface area (Å²) >= 11 is 0. The molecule has 0 aliphatic carbocycles. The van der Waals surface area contributed by atoms with E-state index in [1.165, 1.54) is 0 Å². The van der Waals surface area contributed by atoms with Gasteiger partial charge in [-0.3, -0.25) is 9.20 Å². The molecule has 2 aromatic rings. The van der Waals surface area contributed by atoms with Gasteiger partial charge < -0.3 is 4.98 Å². The Balaban J connectivity index is 2.76. The van der Waals surface area contributed by atoms with Crippen molar-refractivity contribution in [2.75, 3.05) is 0 Å². The molecule has 0 atom stereocenters. The van der Waals surface area contributed by atoms with Crippen molar-refractivity contribution in [1.29, 1.82) is 0 Å². The van der Waals surface area contributed by atoms with Crippen LogP contribution in [0.15, 0.2) is 29.2 Å². The molecule has 0 fully saturated rings. The van der Waals surface area contributed by atoms with Gasteiger partial charge in [0, 0.05) is 18.0 Å². The number of rotatable bonds is 1. The molecule has 2 aromatic heterocycles. The molecule has 3 nitrogen and oxygen atoms in total. The van der Waals surface area contributed by atoms with E-state index in [4.69, 9.17) is 0 Å². The van der Waals surface area contributed by atoms with Gasteiger partial charge in [-0.1, -0.05) is 19.9 Å². The predicted molar refractivity (Wildman–Crippen MR) is 52.1 cm³/mol. The van der Waals surface area contributed by atoms with Crippen LogP contribution in [0.3, 0.4) is 0 Å². The van der Waals surface area contributed by atoms with E-state index in [9.17, 15) is 4.79 Å². The SMILES string of the molecule is CC(C)c1cn2c(=O)cccc2[nH]1. The molecule has 2 rings (SSSR count). The third kappa shape index (κ3) is 1.26. The molecule has 68 valence electrons. The van der Waals surface area contributed by atoms with E-state index in [1.807, 2.05) is 12.3 Å². The van der Waals surface area contributed by atoms with Crippen LogP contribution in [0.1, 0.15) is 25.5 Å². The lowest BCUT2D eigenvalue weighted by molar-refractivity contribution is 0.833. The fourth-order valence-corrected chi connectivity index (χ4v) is 1.35. The minimum Gasteiger partial charge on any atom is -0.343 e. The third-order valence-electron chi connectivity index (χ3n) is 2.15. The summed E-state index contributed by atoms with van der Waals surface area (Å²) in [4.78, 5) is 14.6. The fraction of sp³-hybridized carbons (Fsp3) is 0.300. The van der Waals surface area contributed by atoms with Gasteiger partial charge in [0.2, 0.25) is 0 Å². The molecule has 0 bridgehead atoms. The van der Waals surface area contributed by atoms with Gasteiger partial charge in [-0.15, -0.1) is 0 Å². The highest BCUT2D eigenvalue weighted by Gasteiger charge is 2.03. The number of hydrogen-bond donors (Lipinski definition) is 1. The maximum atomic E-state index is 11.4. The molecule has 0 saturated carbocycles. The molecular weight excluding hydrogens is 164 g/mol. The Morgan fingerprint density at radius 2 is 2.15 bits per heavy atom. The normalized spacial score (nSPS) is 11.3. The zero-order chi connectivity index (χ0) is 9.42. The topological polar surface area (TPSA) is 37.3 Å². The van der Waals surface area contributed by atoms with Crippen molar-refractivity contribution in [2.45, 2.75) is 19.8 Å². The van der Waals surface area contributed by atoms with Gasteiger partial charge in [-0.25, -0.2) is 0 Å². The summed E-state index contributed by atoms with van der Waals surface area (Å²) in [5.74, 6) is 0.416. The first-order chi connectivity index (χ1) is 6.18. The third-order valence-corrected chi connectivity index (χ3v) is 2.15. The van der Waals surface area contributed by atoms with Crippen molar-refractivity contribution in [1.82, 2.24) is 9.38 Å². The van der Waals surface area contributed by atoms with E-state index in [0.29, 0.717) is 5.92 Å². The number of aromatic nitrogens is 2. The predicted octanol–water partition coefficient (Wildman–Crippen LogP) is 1.75. The number of nitrogens with zero attached hydrogens (tertiary/aromatic N) is 1. The Hall–Kier alpha value is -1.51. The van der Waals surface area contributed by atoms with Crippen LogP contribution in [0.4, 0.5) is 0 Å². The lowest BCUT2D eigenvalue weighted by Gasteiger charge is -1.96. The minimum atomic E-state index is 0.0145. The van der Waals surface area contributed by atoms with E-state index in [0.717, 1.165) is 11.3 Å². The number of pyridine rings is 1. The highest BCUT2D eigenvalue weighted by Crippen LogP contribution is 2.12. The van der Waals surface area contributed by atoms with Crippen molar-refractivity contribution >= 4 is 5.65 Å². The number of imidazole rings is 1. The Kier molecular flexibility index (Phi) is 1.72. The molecule has 0 amide bonds. The molecule has 0 spiro atoms. The molecular formula is C10H12N2O. The van der Waals surface area contributed by atoms with Gasteiger partial charge in [0.05, 0.1) is 0 Å². The molecule has 1 N–H and O–H groups in total.